The van der Waals surface area contributed by atoms with Crippen molar-refractivity contribution < 1.29 is 18.6 Å². The number of rotatable bonds is 0. The molecule has 0 bridgehead atoms. The zero-order valence-corrected chi connectivity index (χ0v) is 8.34. The Morgan fingerprint density at radius 1 is 1.40 bits per heavy atom. The van der Waals surface area contributed by atoms with E-state index in [1.165, 1.54) is 11.1 Å². The Bertz CT molecular complexity index is 220. The molecule has 0 saturated heterocycles. The first-order valence-electron chi connectivity index (χ1n) is 2.88. The molecule has 10 heavy (non-hydrogen) atoms. The van der Waals surface area contributed by atoms with Crippen molar-refractivity contribution in [3.05, 3.63) is 29.3 Å². The minimum Gasteiger partial charge on any atom is -0.213 e. The van der Waals surface area contributed by atoms with E-state index in [9.17, 15) is 0 Å². The molecule has 53 valence electrons. The second-order valence-electron chi connectivity index (χ2n) is 2.18. The van der Waals surface area contributed by atoms with Gasteiger partial charge in [-0.05, 0) is 0 Å². The molecule has 0 unspecified atom stereocenters. The Labute approximate surface area is 79.3 Å². The van der Waals surface area contributed by atoms with Crippen molar-refractivity contribution >= 4 is 12.6 Å². The third-order valence-corrected chi connectivity index (χ3v) is 1.76. The van der Waals surface area contributed by atoms with Crippen molar-refractivity contribution in [2.75, 3.05) is 0 Å². The molecular weight excluding hydrogens is 179 g/mol. The van der Waals surface area contributed by atoms with Gasteiger partial charge in [-0.25, -0.2) is 12.6 Å². The SMILES string of the molecule is Cc1[c-]cc(S)c(C)c1.[V]. The van der Waals surface area contributed by atoms with Crippen LogP contribution in [0.2, 0.25) is 0 Å². The molecule has 0 amide bonds. The molecule has 0 atom stereocenters. The first-order chi connectivity index (χ1) is 4.20. The van der Waals surface area contributed by atoms with Gasteiger partial charge in [-0.2, -0.15) is 23.8 Å². The molecular formula is C8H9SV-. The number of thiol groups is 1. The summed E-state index contributed by atoms with van der Waals surface area (Å²) < 4.78 is 0. The van der Waals surface area contributed by atoms with Gasteiger partial charge in [0.2, 0.25) is 0 Å². The molecule has 0 saturated carbocycles. The van der Waals surface area contributed by atoms with Crippen LogP contribution >= 0.6 is 12.6 Å². The normalized spacial score (nSPS) is 8.70. The molecule has 1 aromatic rings. The second-order valence-corrected chi connectivity index (χ2v) is 2.67. The van der Waals surface area contributed by atoms with Gasteiger partial charge in [-0.1, -0.05) is 13.8 Å². The van der Waals surface area contributed by atoms with Gasteiger partial charge in [-0.15, -0.1) is 10.5 Å². The van der Waals surface area contributed by atoms with Gasteiger partial charge in [0.25, 0.3) is 0 Å². The zero-order chi connectivity index (χ0) is 6.85. The summed E-state index contributed by atoms with van der Waals surface area (Å²) in [5.41, 5.74) is 2.39. The molecule has 0 N–H and O–H groups in total. The average Bonchev–Trinajstić information content (AvgIpc) is 1.80. The van der Waals surface area contributed by atoms with Crippen LogP contribution in [0.3, 0.4) is 0 Å². The third kappa shape index (κ3) is 2.41. The van der Waals surface area contributed by atoms with Crippen LogP contribution in [0.15, 0.2) is 17.0 Å². The van der Waals surface area contributed by atoms with Crippen molar-refractivity contribution in [2.45, 2.75) is 18.7 Å². The van der Waals surface area contributed by atoms with Gasteiger partial charge < -0.3 is 0 Å². The molecule has 0 nitrogen and oxygen atoms in total. The minimum absolute atomic E-state index is 0. The van der Waals surface area contributed by atoms with Gasteiger partial charge in [0.15, 0.2) is 0 Å². The predicted octanol–water partition coefficient (Wildman–Crippen LogP) is 2.39. The largest absolute Gasteiger partial charge is 0.213 e. The van der Waals surface area contributed by atoms with E-state index in [4.69, 9.17) is 0 Å². The summed E-state index contributed by atoms with van der Waals surface area (Å²) in [6.45, 7) is 4.07. The van der Waals surface area contributed by atoms with Crippen molar-refractivity contribution in [1.82, 2.24) is 0 Å². The third-order valence-electron chi connectivity index (χ3n) is 1.27. The predicted molar refractivity (Wildman–Crippen MR) is 42.0 cm³/mol. The molecule has 0 spiro atoms. The second kappa shape index (κ2) is 4.12. The van der Waals surface area contributed by atoms with Crippen LogP contribution in [0, 0.1) is 19.9 Å². The molecule has 1 rings (SSSR count). The Kier molecular flexibility index (Phi) is 4.18. The Hall–Kier alpha value is 0.154. The fourth-order valence-electron chi connectivity index (χ4n) is 0.736. The Morgan fingerprint density at radius 2 is 2.00 bits per heavy atom. The van der Waals surface area contributed by atoms with Crippen molar-refractivity contribution in [1.29, 1.82) is 0 Å². The summed E-state index contributed by atoms with van der Waals surface area (Å²) >= 11 is 4.21. The van der Waals surface area contributed by atoms with E-state index in [0.717, 1.165) is 4.90 Å². The number of hydrogen-bond acceptors (Lipinski definition) is 1. The number of benzene rings is 1. The number of hydrogen-bond donors (Lipinski definition) is 1. The summed E-state index contributed by atoms with van der Waals surface area (Å²) in [5.74, 6) is 0. The van der Waals surface area contributed by atoms with E-state index in [2.05, 4.69) is 24.8 Å². The maximum absolute atomic E-state index is 4.21. The summed E-state index contributed by atoms with van der Waals surface area (Å²) in [7, 11) is 0. The van der Waals surface area contributed by atoms with Crippen LogP contribution in [-0.2, 0) is 18.6 Å². The smallest absolute Gasteiger partial charge is 0 e. The molecule has 0 aliphatic rings. The molecule has 0 aliphatic heterocycles. The van der Waals surface area contributed by atoms with Gasteiger partial charge >= 0.3 is 0 Å². The monoisotopic (exact) mass is 188 g/mol. The van der Waals surface area contributed by atoms with Crippen molar-refractivity contribution in [3.63, 3.8) is 0 Å². The van der Waals surface area contributed by atoms with E-state index in [0.29, 0.717) is 0 Å². The zero-order valence-electron chi connectivity index (χ0n) is 6.05. The molecule has 0 heterocycles. The molecule has 0 aliphatic carbocycles. The fourth-order valence-corrected chi connectivity index (χ4v) is 0.865. The number of aryl methyl sites for hydroxylation is 2. The minimum atomic E-state index is 0. The molecule has 0 fully saturated rings. The van der Waals surface area contributed by atoms with Crippen molar-refractivity contribution in [3.8, 4) is 0 Å². The van der Waals surface area contributed by atoms with Gasteiger partial charge in [0, 0.05) is 18.6 Å². The van der Waals surface area contributed by atoms with Crippen LogP contribution in [0.25, 0.3) is 0 Å². The molecule has 1 radical (unpaired) electrons. The Balaban J connectivity index is 0.000000810. The topological polar surface area (TPSA) is 0 Å². The summed E-state index contributed by atoms with van der Waals surface area (Å²) in [6, 6.07) is 7.03. The summed E-state index contributed by atoms with van der Waals surface area (Å²) in [5, 5.41) is 0. The maximum atomic E-state index is 4.21. The van der Waals surface area contributed by atoms with Crippen LogP contribution in [-0.4, -0.2) is 0 Å². The molecule has 2 heteroatoms. The van der Waals surface area contributed by atoms with Crippen LogP contribution < -0.4 is 0 Å². The quantitative estimate of drug-likeness (QED) is 0.469. The maximum Gasteiger partial charge on any atom is 0 e. The first-order valence-corrected chi connectivity index (χ1v) is 3.33. The molecule has 1 aromatic carbocycles. The van der Waals surface area contributed by atoms with E-state index >= 15 is 0 Å². The standard InChI is InChI=1S/C8H9S.V/c1-6-3-4-8(9)7(2)5-6;/h4-5,9H,1-2H3;/q-1;. The van der Waals surface area contributed by atoms with Gasteiger partial charge in [0.1, 0.15) is 0 Å². The van der Waals surface area contributed by atoms with Crippen LogP contribution in [0.4, 0.5) is 0 Å². The summed E-state index contributed by atoms with van der Waals surface area (Å²) in [4.78, 5) is 1.01. The summed E-state index contributed by atoms with van der Waals surface area (Å²) in [6.07, 6.45) is 0. The van der Waals surface area contributed by atoms with E-state index < -0.39 is 0 Å². The van der Waals surface area contributed by atoms with E-state index in [1.54, 1.807) is 0 Å². The molecule has 0 aromatic heterocycles. The van der Waals surface area contributed by atoms with E-state index in [1.807, 2.05) is 19.9 Å². The van der Waals surface area contributed by atoms with Gasteiger partial charge in [-0.3, -0.25) is 0 Å². The fraction of sp³-hybridized carbons (Fsp3) is 0.250. The van der Waals surface area contributed by atoms with Crippen LogP contribution in [0.1, 0.15) is 11.1 Å². The van der Waals surface area contributed by atoms with Crippen LogP contribution in [0.5, 0.6) is 0 Å². The van der Waals surface area contributed by atoms with E-state index in [-0.39, 0.29) is 18.6 Å². The average molecular weight is 188 g/mol. The first kappa shape index (κ1) is 10.2. The Morgan fingerprint density at radius 3 is 2.40 bits per heavy atom. The van der Waals surface area contributed by atoms with Gasteiger partial charge in [0.05, 0.1) is 0 Å². The van der Waals surface area contributed by atoms with Crippen molar-refractivity contribution in [2.24, 2.45) is 0 Å².